The number of oxazole rings is 1. The molecule has 1 aromatic heterocycles. The second-order valence-electron chi connectivity index (χ2n) is 4.48. The summed E-state index contributed by atoms with van der Waals surface area (Å²) in [5.41, 5.74) is 1.04. The monoisotopic (exact) mass is 233 g/mol. The Labute approximate surface area is 99.2 Å². The molecular weight excluding hydrogens is 218 g/mol. The Morgan fingerprint density at radius 2 is 2.06 bits per heavy atom. The van der Waals surface area contributed by atoms with Crippen LogP contribution < -0.4 is 4.74 Å². The predicted molar refractivity (Wildman–Crippen MR) is 63.2 cm³/mol. The summed E-state index contributed by atoms with van der Waals surface area (Å²) in [6.07, 6.45) is 6.29. The van der Waals surface area contributed by atoms with Crippen LogP contribution in [0.4, 0.5) is 0 Å². The van der Waals surface area contributed by atoms with Crippen LogP contribution in [-0.4, -0.2) is 16.2 Å². The van der Waals surface area contributed by atoms with Gasteiger partial charge in [0, 0.05) is 0 Å². The SMILES string of the molecule is Oc1cccc2oc(OC3CCCCC3)nc12. The molecule has 0 aliphatic heterocycles. The molecule has 0 bridgehead atoms. The number of aromatic hydroxyl groups is 1. The van der Waals surface area contributed by atoms with Crippen molar-refractivity contribution in [3.63, 3.8) is 0 Å². The van der Waals surface area contributed by atoms with Gasteiger partial charge in [-0.05, 0) is 37.8 Å². The molecule has 1 aliphatic rings. The van der Waals surface area contributed by atoms with Gasteiger partial charge in [-0.3, -0.25) is 0 Å². The van der Waals surface area contributed by atoms with Crippen LogP contribution in [0.15, 0.2) is 22.6 Å². The van der Waals surface area contributed by atoms with Crippen LogP contribution in [0.2, 0.25) is 0 Å². The molecular formula is C13H15NO3. The molecule has 1 fully saturated rings. The zero-order valence-corrected chi connectivity index (χ0v) is 9.56. The van der Waals surface area contributed by atoms with Gasteiger partial charge in [0.2, 0.25) is 0 Å². The van der Waals surface area contributed by atoms with Gasteiger partial charge in [-0.25, -0.2) is 0 Å². The molecule has 0 unspecified atom stereocenters. The molecule has 2 aromatic rings. The molecule has 3 rings (SSSR count). The molecule has 0 radical (unpaired) electrons. The quantitative estimate of drug-likeness (QED) is 0.865. The first-order valence-electron chi connectivity index (χ1n) is 6.08. The van der Waals surface area contributed by atoms with E-state index in [4.69, 9.17) is 9.15 Å². The number of hydrogen-bond donors (Lipinski definition) is 1. The smallest absolute Gasteiger partial charge is 0.395 e. The first kappa shape index (κ1) is 10.4. The van der Waals surface area contributed by atoms with E-state index in [9.17, 15) is 5.11 Å². The van der Waals surface area contributed by atoms with E-state index < -0.39 is 0 Å². The van der Waals surface area contributed by atoms with Crippen LogP contribution in [0.25, 0.3) is 11.1 Å². The summed E-state index contributed by atoms with van der Waals surface area (Å²) in [5.74, 6) is 0.129. The van der Waals surface area contributed by atoms with Gasteiger partial charge < -0.3 is 14.3 Å². The van der Waals surface area contributed by atoms with Crippen molar-refractivity contribution in [3.8, 4) is 11.8 Å². The van der Waals surface area contributed by atoms with Crippen LogP contribution in [0, 0.1) is 0 Å². The molecule has 0 amide bonds. The molecule has 90 valence electrons. The Morgan fingerprint density at radius 3 is 2.82 bits per heavy atom. The van der Waals surface area contributed by atoms with E-state index in [0.717, 1.165) is 12.8 Å². The standard InChI is InChI=1S/C13H15NO3/c15-10-7-4-8-11-12(10)14-13(17-11)16-9-5-2-1-3-6-9/h4,7-9,15H,1-3,5-6H2. The minimum Gasteiger partial charge on any atom is -0.506 e. The maximum Gasteiger partial charge on any atom is 0.395 e. The molecule has 0 spiro atoms. The summed E-state index contributed by atoms with van der Waals surface area (Å²) in [4.78, 5) is 4.17. The number of phenols is 1. The Balaban J connectivity index is 1.83. The Kier molecular flexibility index (Phi) is 2.63. The molecule has 0 saturated heterocycles. The number of nitrogens with zero attached hydrogens (tertiary/aromatic N) is 1. The molecule has 1 saturated carbocycles. The first-order chi connectivity index (χ1) is 8.33. The number of benzene rings is 1. The number of para-hydroxylation sites is 1. The number of hydrogen-bond acceptors (Lipinski definition) is 4. The third-order valence-electron chi connectivity index (χ3n) is 3.20. The highest BCUT2D eigenvalue weighted by Gasteiger charge is 2.18. The van der Waals surface area contributed by atoms with Crippen molar-refractivity contribution in [1.29, 1.82) is 0 Å². The normalized spacial score (nSPS) is 17.4. The van der Waals surface area contributed by atoms with E-state index in [-0.39, 0.29) is 17.9 Å². The van der Waals surface area contributed by atoms with Gasteiger partial charge in [0.15, 0.2) is 11.1 Å². The lowest BCUT2D eigenvalue weighted by Gasteiger charge is -2.20. The maximum atomic E-state index is 9.61. The third-order valence-corrected chi connectivity index (χ3v) is 3.20. The van der Waals surface area contributed by atoms with Crippen LogP contribution >= 0.6 is 0 Å². The van der Waals surface area contributed by atoms with Crippen LogP contribution in [0.5, 0.6) is 11.8 Å². The van der Waals surface area contributed by atoms with E-state index >= 15 is 0 Å². The minimum absolute atomic E-state index is 0.129. The van der Waals surface area contributed by atoms with Gasteiger partial charge in [-0.1, -0.05) is 12.5 Å². The van der Waals surface area contributed by atoms with Crippen molar-refractivity contribution in [1.82, 2.24) is 4.98 Å². The van der Waals surface area contributed by atoms with Crippen molar-refractivity contribution in [2.24, 2.45) is 0 Å². The molecule has 1 heterocycles. The van der Waals surface area contributed by atoms with E-state index in [1.54, 1.807) is 18.2 Å². The van der Waals surface area contributed by atoms with Gasteiger partial charge in [-0.2, -0.15) is 4.98 Å². The summed E-state index contributed by atoms with van der Waals surface area (Å²) in [5, 5.41) is 9.61. The van der Waals surface area contributed by atoms with E-state index in [1.165, 1.54) is 19.3 Å². The Morgan fingerprint density at radius 1 is 1.24 bits per heavy atom. The highest BCUT2D eigenvalue weighted by Crippen LogP contribution is 2.29. The van der Waals surface area contributed by atoms with Gasteiger partial charge in [0.1, 0.15) is 11.9 Å². The van der Waals surface area contributed by atoms with Gasteiger partial charge >= 0.3 is 6.08 Å². The third kappa shape index (κ3) is 2.07. The lowest BCUT2D eigenvalue weighted by atomic mass is 9.98. The van der Waals surface area contributed by atoms with E-state index in [1.807, 2.05) is 0 Å². The van der Waals surface area contributed by atoms with Crippen molar-refractivity contribution in [3.05, 3.63) is 18.2 Å². The molecule has 1 aliphatic carbocycles. The molecule has 4 heteroatoms. The number of phenolic OH excluding ortho intramolecular Hbond substituents is 1. The minimum atomic E-state index is 0.129. The van der Waals surface area contributed by atoms with Gasteiger partial charge in [0.05, 0.1) is 0 Å². The van der Waals surface area contributed by atoms with E-state index in [2.05, 4.69) is 4.98 Å². The average molecular weight is 233 g/mol. The number of rotatable bonds is 2. The number of aromatic nitrogens is 1. The Bertz CT molecular complexity index is 514. The zero-order chi connectivity index (χ0) is 11.7. The summed E-state index contributed by atoms with van der Waals surface area (Å²) in [6, 6.07) is 5.10. The fourth-order valence-corrected chi connectivity index (χ4v) is 2.29. The average Bonchev–Trinajstić information content (AvgIpc) is 2.74. The first-order valence-corrected chi connectivity index (χ1v) is 6.08. The highest BCUT2D eigenvalue weighted by molar-refractivity contribution is 5.79. The molecule has 1 N–H and O–H groups in total. The summed E-state index contributed by atoms with van der Waals surface area (Å²) in [6.45, 7) is 0. The fraction of sp³-hybridized carbons (Fsp3) is 0.462. The Hall–Kier alpha value is -1.71. The zero-order valence-electron chi connectivity index (χ0n) is 9.56. The van der Waals surface area contributed by atoms with Crippen LogP contribution in [0.3, 0.4) is 0 Å². The molecule has 17 heavy (non-hydrogen) atoms. The summed E-state index contributed by atoms with van der Waals surface area (Å²) in [7, 11) is 0. The lowest BCUT2D eigenvalue weighted by molar-refractivity contribution is 0.115. The molecule has 0 atom stereocenters. The molecule has 1 aromatic carbocycles. The van der Waals surface area contributed by atoms with Gasteiger partial charge in [-0.15, -0.1) is 0 Å². The van der Waals surface area contributed by atoms with Crippen molar-refractivity contribution >= 4 is 11.1 Å². The summed E-state index contributed by atoms with van der Waals surface area (Å²) < 4.78 is 11.2. The van der Waals surface area contributed by atoms with Gasteiger partial charge in [0.25, 0.3) is 0 Å². The maximum absolute atomic E-state index is 9.61. The van der Waals surface area contributed by atoms with Crippen LogP contribution in [-0.2, 0) is 0 Å². The fourth-order valence-electron chi connectivity index (χ4n) is 2.29. The van der Waals surface area contributed by atoms with E-state index in [0.29, 0.717) is 11.1 Å². The lowest BCUT2D eigenvalue weighted by Crippen LogP contribution is -2.19. The number of ether oxygens (including phenoxy) is 1. The topological polar surface area (TPSA) is 55.5 Å². The van der Waals surface area contributed by atoms with Crippen molar-refractivity contribution in [2.45, 2.75) is 38.2 Å². The van der Waals surface area contributed by atoms with Crippen molar-refractivity contribution < 1.29 is 14.3 Å². The van der Waals surface area contributed by atoms with Crippen LogP contribution in [0.1, 0.15) is 32.1 Å². The second kappa shape index (κ2) is 4.28. The van der Waals surface area contributed by atoms with Crippen molar-refractivity contribution in [2.75, 3.05) is 0 Å². The molecule has 4 nitrogen and oxygen atoms in total. The number of fused-ring (bicyclic) bond motifs is 1. The predicted octanol–water partition coefficient (Wildman–Crippen LogP) is 3.24. The highest BCUT2D eigenvalue weighted by atomic mass is 16.6. The second-order valence-corrected chi connectivity index (χ2v) is 4.48. The summed E-state index contributed by atoms with van der Waals surface area (Å²) >= 11 is 0. The largest absolute Gasteiger partial charge is 0.506 e.